The smallest absolute Gasteiger partial charge is 0.226 e. The molecule has 1 spiro atoms. The molecule has 2 nitrogen and oxygen atoms in total. The molecule has 2 fully saturated rings. The fraction of sp³-hybridized carbons (Fsp3) is 0.533. The summed E-state index contributed by atoms with van der Waals surface area (Å²) in [5.41, 5.74) is 0.321. The minimum absolute atomic E-state index is 0.0610. The van der Waals surface area contributed by atoms with Crippen molar-refractivity contribution in [1.29, 1.82) is 0 Å². The van der Waals surface area contributed by atoms with Crippen LogP contribution in [-0.2, 0) is 4.79 Å². The number of benzene rings is 1. The number of nitrogens with one attached hydrogen (secondary N) is 1. The molecular weight excluding hydrogens is 248 g/mol. The standard InChI is InChI=1S/C15H17F2NO/c16-11-7-10(8-12(17)9-11)13-3-6-15(14(19)18-13)4-1-2-5-15/h7-9,13H,1-6H2,(H,18,19)/t13-/m0/s1. The lowest BCUT2D eigenvalue weighted by atomic mass is 9.75. The largest absolute Gasteiger partial charge is 0.349 e. The SMILES string of the molecule is O=C1N[C@H](c2cc(F)cc(F)c2)CCC12CCCC2. The second-order valence-electron chi connectivity index (χ2n) is 5.75. The van der Waals surface area contributed by atoms with Crippen LogP contribution in [0.5, 0.6) is 0 Å². The Labute approximate surface area is 111 Å². The maximum absolute atomic E-state index is 13.2. The summed E-state index contributed by atoms with van der Waals surface area (Å²) in [4.78, 5) is 12.3. The molecule has 0 bridgehead atoms. The van der Waals surface area contributed by atoms with E-state index in [-0.39, 0.29) is 17.4 Å². The van der Waals surface area contributed by atoms with Crippen molar-refractivity contribution in [2.24, 2.45) is 5.41 Å². The summed E-state index contributed by atoms with van der Waals surface area (Å²) in [6, 6.07) is 3.21. The fourth-order valence-corrected chi connectivity index (χ4v) is 3.47. The molecule has 3 rings (SSSR count). The zero-order valence-electron chi connectivity index (χ0n) is 10.7. The van der Waals surface area contributed by atoms with E-state index in [0.29, 0.717) is 5.56 Å². The van der Waals surface area contributed by atoms with Crippen LogP contribution >= 0.6 is 0 Å². The summed E-state index contributed by atoms with van der Waals surface area (Å²) in [6.45, 7) is 0. The highest BCUT2D eigenvalue weighted by Gasteiger charge is 2.44. The van der Waals surface area contributed by atoms with Gasteiger partial charge in [-0.15, -0.1) is 0 Å². The monoisotopic (exact) mass is 265 g/mol. The summed E-state index contributed by atoms with van der Waals surface area (Å²) >= 11 is 0. The van der Waals surface area contributed by atoms with E-state index in [1.165, 1.54) is 12.1 Å². The van der Waals surface area contributed by atoms with Crippen molar-refractivity contribution >= 4 is 5.91 Å². The lowest BCUT2D eigenvalue weighted by Gasteiger charge is -2.37. The van der Waals surface area contributed by atoms with Crippen LogP contribution in [0, 0.1) is 17.0 Å². The van der Waals surface area contributed by atoms with Crippen LogP contribution in [-0.4, -0.2) is 5.91 Å². The van der Waals surface area contributed by atoms with Crippen molar-refractivity contribution in [2.45, 2.75) is 44.6 Å². The maximum atomic E-state index is 13.2. The first-order valence-corrected chi connectivity index (χ1v) is 6.86. The molecule has 1 heterocycles. The first-order chi connectivity index (χ1) is 9.09. The average molecular weight is 265 g/mol. The van der Waals surface area contributed by atoms with Crippen LogP contribution < -0.4 is 5.32 Å². The minimum Gasteiger partial charge on any atom is -0.349 e. The molecular formula is C15H17F2NO. The van der Waals surface area contributed by atoms with Gasteiger partial charge in [0.05, 0.1) is 6.04 Å². The molecule has 1 aromatic rings. The van der Waals surface area contributed by atoms with Gasteiger partial charge in [-0.3, -0.25) is 4.79 Å². The van der Waals surface area contributed by atoms with Crippen LogP contribution in [0.15, 0.2) is 18.2 Å². The number of amides is 1. The molecule has 19 heavy (non-hydrogen) atoms. The molecule has 1 atom stereocenters. The van der Waals surface area contributed by atoms with Crippen LogP contribution in [0.2, 0.25) is 0 Å². The van der Waals surface area contributed by atoms with Gasteiger partial charge in [-0.25, -0.2) is 8.78 Å². The van der Waals surface area contributed by atoms with Crippen LogP contribution in [0.4, 0.5) is 8.78 Å². The number of rotatable bonds is 1. The highest BCUT2D eigenvalue weighted by molar-refractivity contribution is 5.84. The molecule has 1 saturated heterocycles. The summed E-state index contributed by atoms with van der Waals surface area (Å²) < 4.78 is 26.4. The third kappa shape index (κ3) is 2.24. The quantitative estimate of drug-likeness (QED) is 0.827. The van der Waals surface area contributed by atoms with Crippen molar-refractivity contribution in [3.8, 4) is 0 Å². The molecule has 0 radical (unpaired) electrons. The van der Waals surface area contributed by atoms with Crippen LogP contribution in [0.1, 0.15) is 50.1 Å². The molecule has 0 aromatic heterocycles. The number of hydrogen-bond acceptors (Lipinski definition) is 1. The van der Waals surface area contributed by atoms with Crippen molar-refractivity contribution in [3.05, 3.63) is 35.4 Å². The van der Waals surface area contributed by atoms with Crippen molar-refractivity contribution < 1.29 is 13.6 Å². The van der Waals surface area contributed by atoms with Gasteiger partial charge < -0.3 is 5.32 Å². The maximum Gasteiger partial charge on any atom is 0.226 e. The zero-order chi connectivity index (χ0) is 13.5. The van der Waals surface area contributed by atoms with Crippen molar-refractivity contribution in [1.82, 2.24) is 5.32 Å². The van der Waals surface area contributed by atoms with Gasteiger partial charge in [-0.05, 0) is 43.4 Å². The van der Waals surface area contributed by atoms with Crippen molar-refractivity contribution in [2.75, 3.05) is 0 Å². The molecule has 1 amide bonds. The molecule has 1 saturated carbocycles. The second-order valence-corrected chi connectivity index (χ2v) is 5.75. The summed E-state index contributed by atoms with van der Waals surface area (Å²) in [6.07, 6.45) is 5.68. The fourth-order valence-electron chi connectivity index (χ4n) is 3.47. The Kier molecular flexibility index (Phi) is 3.03. The van der Waals surface area contributed by atoms with Crippen molar-refractivity contribution in [3.63, 3.8) is 0 Å². The predicted molar refractivity (Wildman–Crippen MR) is 67.4 cm³/mol. The van der Waals surface area contributed by atoms with E-state index in [1.54, 1.807) is 0 Å². The molecule has 4 heteroatoms. The molecule has 102 valence electrons. The van der Waals surface area contributed by atoms with E-state index in [2.05, 4.69) is 5.32 Å². The summed E-state index contributed by atoms with van der Waals surface area (Å²) in [7, 11) is 0. The van der Waals surface area contributed by atoms with E-state index in [1.807, 2.05) is 0 Å². The van der Waals surface area contributed by atoms with Crippen LogP contribution in [0.3, 0.4) is 0 Å². The first-order valence-electron chi connectivity index (χ1n) is 6.86. The Morgan fingerprint density at radius 2 is 1.68 bits per heavy atom. The van der Waals surface area contributed by atoms with Gasteiger partial charge in [-0.1, -0.05) is 12.8 Å². The van der Waals surface area contributed by atoms with Gasteiger partial charge in [0.25, 0.3) is 0 Å². The van der Waals surface area contributed by atoms with E-state index in [0.717, 1.165) is 44.6 Å². The topological polar surface area (TPSA) is 29.1 Å². The van der Waals surface area contributed by atoms with Gasteiger partial charge in [0.15, 0.2) is 0 Å². The molecule has 1 aliphatic heterocycles. The molecule has 1 aromatic carbocycles. The van der Waals surface area contributed by atoms with Gasteiger partial charge in [-0.2, -0.15) is 0 Å². The van der Waals surface area contributed by atoms with E-state index in [9.17, 15) is 13.6 Å². The lowest BCUT2D eigenvalue weighted by molar-refractivity contribution is -0.134. The van der Waals surface area contributed by atoms with Gasteiger partial charge in [0.2, 0.25) is 5.91 Å². The number of carbonyl (C=O) groups excluding carboxylic acids is 1. The highest BCUT2D eigenvalue weighted by Crippen LogP contribution is 2.46. The zero-order valence-corrected chi connectivity index (χ0v) is 10.7. The number of piperidine rings is 1. The van der Waals surface area contributed by atoms with E-state index < -0.39 is 11.6 Å². The summed E-state index contributed by atoms with van der Waals surface area (Å²) in [5.74, 6) is -1.12. The Balaban J connectivity index is 1.80. The van der Waals surface area contributed by atoms with Gasteiger partial charge >= 0.3 is 0 Å². The van der Waals surface area contributed by atoms with E-state index in [4.69, 9.17) is 0 Å². The Morgan fingerprint density at radius 1 is 1.05 bits per heavy atom. The molecule has 2 aliphatic rings. The normalized spacial score (nSPS) is 25.6. The molecule has 1 N–H and O–H groups in total. The Bertz CT molecular complexity index is 489. The molecule has 1 aliphatic carbocycles. The third-order valence-corrected chi connectivity index (χ3v) is 4.55. The van der Waals surface area contributed by atoms with Crippen LogP contribution in [0.25, 0.3) is 0 Å². The summed E-state index contributed by atoms with van der Waals surface area (Å²) in [5, 5.41) is 2.95. The van der Waals surface area contributed by atoms with Gasteiger partial charge in [0, 0.05) is 11.5 Å². The lowest BCUT2D eigenvalue weighted by Crippen LogP contribution is -2.45. The molecule has 0 unspecified atom stereocenters. The third-order valence-electron chi connectivity index (χ3n) is 4.55. The van der Waals surface area contributed by atoms with Gasteiger partial charge in [0.1, 0.15) is 11.6 Å². The second kappa shape index (κ2) is 4.58. The predicted octanol–water partition coefficient (Wildman–Crippen LogP) is 3.48. The van der Waals surface area contributed by atoms with E-state index >= 15 is 0 Å². The Morgan fingerprint density at radius 3 is 2.26 bits per heavy atom. The minimum atomic E-state index is -0.592. The number of carbonyl (C=O) groups is 1. The highest BCUT2D eigenvalue weighted by atomic mass is 19.1. The Hall–Kier alpha value is -1.45. The average Bonchev–Trinajstić information content (AvgIpc) is 2.81. The number of hydrogen-bond donors (Lipinski definition) is 1. The first kappa shape index (κ1) is 12.6. The number of halogens is 2.